The van der Waals surface area contributed by atoms with E-state index in [0.717, 1.165) is 16.3 Å². The van der Waals surface area contributed by atoms with Crippen molar-refractivity contribution in [2.75, 3.05) is 0 Å². The average molecular weight is 266 g/mol. The summed E-state index contributed by atoms with van der Waals surface area (Å²) < 4.78 is 1.68. The van der Waals surface area contributed by atoms with E-state index in [2.05, 4.69) is 23.2 Å². The third-order valence-electron chi connectivity index (χ3n) is 3.58. The molecule has 1 N–H and O–H groups in total. The number of carboxylic acid groups (broad SMARTS) is 1. The molecule has 1 heterocycles. The van der Waals surface area contributed by atoms with Crippen LogP contribution in [0.5, 0.6) is 0 Å². The molecule has 3 rings (SSSR count). The monoisotopic (exact) mass is 266 g/mol. The van der Waals surface area contributed by atoms with Crippen LogP contribution in [-0.4, -0.2) is 20.6 Å². The van der Waals surface area contributed by atoms with Crippen LogP contribution in [0.3, 0.4) is 0 Å². The summed E-state index contributed by atoms with van der Waals surface area (Å²) in [6, 6.07) is 14.1. The Hall–Kier alpha value is -2.62. The molecule has 0 bridgehead atoms. The van der Waals surface area contributed by atoms with Gasteiger partial charge in [-0.15, -0.1) is 0 Å². The Morgan fingerprint density at radius 1 is 1.20 bits per heavy atom. The summed E-state index contributed by atoms with van der Waals surface area (Å²) in [5.41, 5.74) is 1.29. The number of aromatic nitrogens is 2. The molecule has 0 unspecified atom stereocenters. The van der Waals surface area contributed by atoms with Gasteiger partial charge in [0.2, 0.25) is 0 Å². The predicted molar refractivity (Wildman–Crippen MR) is 76.9 cm³/mol. The van der Waals surface area contributed by atoms with E-state index in [-0.39, 0.29) is 11.7 Å². The smallest absolute Gasteiger partial charge is 0.354 e. The second kappa shape index (κ2) is 4.81. The van der Waals surface area contributed by atoms with Gasteiger partial charge in [0, 0.05) is 0 Å². The van der Waals surface area contributed by atoms with Crippen molar-refractivity contribution in [1.82, 2.24) is 9.55 Å². The molecule has 0 spiro atoms. The highest BCUT2D eigenvalue weighted by Gasteiger charge is 2.17. The zero-order valence-electron chi connectivity index (χ0n) is 11.0. The fraction of sp³-hybridized carbons (Fsp3) is 0.125. The lowest BCUT2D eigenvalue weighted by Gasteiger charge is -2.17. The van der Waals surface area contributed by atoms with Crippen LogP contribution in [0.4, 0.5) is 0 Å². The topological polar surface area (TPSA) is 55.1 Å². The lowest BCUT2D eigenvalue weighted by atomic mass is 9.99. The highest BCUT2D eigenvalue weighted by Crippen LogP contribution is 2.27. The zero-order valence-corrected chi connectivity index (χ0v) is 11.0. The number of fused-ring (bicyclic) bond motifs is 1. The molecule has 4 nitrogen and oxygen atoms in total. The summed E-state index contributed by atoms with van der Waals surface area (Å²) in [5, 5.41) is 11.5. The molecule has 0 aliphatic heterocycles. The quantitative estimate of drug-likeness (QED) is 0.791. The number of nitrogens with zero attached hydrogens (tertiary/aromatic N) is 2. The molecule has 1 aromatic heterocycles. The summed E-state index contributed by atoms with van der Waals surface area (Å²) >= 11 is 0. The Bertz CT molecular complexity index is 772. The van der Waals surface area contributed by atoms with E-state index >= 15 is 0 Å². The summed E-state index contributed by atoms with van der Waals surface area (Å²) in [6.07, 6.45) is 2.94. The molecule has 4 heteroatoms. The first-order chi connectivity index (χ1) is 9.68. The Balaban J connectivity index is 2.15. The number of carbonyl (C=O) groups is 1. The predicted octanol–water partition coefficient (Wildman–Crippen LogP) is 3.34. The molecular weight excluding hydrogens is 252 g/mol. The van der Waals surface area contributed by atoms with Gasteiger partial charge in [-0.25, -0.2) is 9.78 Å². The van der Waals surface area contributed by atoms with Gasteiger partial charge in [-0.05, 0) is 23.3 Å². The fourth-order valence-electron chi connectivity index (χ4n) is 2.54. The van der Waals surface area contributed by atoms with Crippen molar-refractivity contribution in [2.45, 2.75) is 13.0 Å². The van der Waals surface area contributed by atoms with Crippen LogP contribution in [0, 0.1) is 0 Å². The summed E-state index contributed by atoms with van der Waals surface area (Å²) in [6.45, 7) is 1.98. The molecule has 0 saturated carbocycles. The second-order valence-corrected chi connectivity index (χ2v) is 4.74. The maximum atomic E-state index is 11.2. The Morgan fingerprint density at radius 2 is 1.95 bits per heavy atom. The van der Waals surface area contributed by atoms with Gasteiger partial charge in [0.15, 0.2) is 0 Å². The molecule has 0 radical (unpaired) electrons. The number of hydrogen-bond acceptors (Lipinski definition) is 2. The number of rotatable bonds is 3. The maximum Gasteiger partial charge on any atom is 0.354 e. The van der Waals surface area contributed by atoms with Gasteiger partial charge in [0.05, 0.1) is 18.6 Å². The molecule has 0 saturated heterocycles. The van der Waals surface area contributed by atoms with Crippen molar-refractivity contribution < 1.29 is 9.90 Å². The number of aromatic carboxylic acids is 1. The van der Waals surface area contributed by atoms with Crippen molar-refractivity contribution >= 4 is 16.7 Å². The molecule has 3 aromatic rings. The Kier molecular flexibility index (Phi) is 2.99. The third-order valence-corrected chi connectivity index (χ3v) is 3.58. The molecule has 100 valence electrons. The first-order valence-electron chi connectivity index (χ1n) is 6.41. The van der Waals surface area contributed by atoms with Crippen LogP contribution in [-0.2, 0) is 0 Å². The van der Waals surface area contributed by atoms with Gasteiger partial charge in [0.25, 0.3) is 0 Å². The third kappa shape index (κ3) is 1.95. The van der Waals surface area contributed by atoms with Crippen LogP contribution < -0.4 is 0 Å². The molecular formula is C16H14N2O2. The minimum absolute atomic E-state index is 0.0882. The molecule has 2 aromatic carbocycles. The van der Waals surface area contributed by atoms with E-state index in [9.17, 15) is 9.90 Å². The molecule has 0 fully saturated rings. The van der Waals surface area contributed by atoms with Crippen LogP contribution >= 0.6 is 0 Å². The largest absolute Gasteiger partial charge is 0.477 e. The van der Waals surface area contributed by atoms with E-state index in [1.54, 1.807) is 10.9 Å². The van der Waals surface area contributed by atoms with E-state index in [0.29, 0.717) is 0 Å². The number of hydrogen-bond donors (Lipinski definition) is 1. The van der Waals surface area contributed by atoms with Gasteiger partial charge >= 0.3 is 5.97 Å². The van der Waals surface area contributed by atoms with Crippen molar-refractivity contribution in [1.29, 1.82) is 0 Å². The summed E-state index contributed by atoms with van der Waals surface area (Å²) in [5.74, 6) is -0.963. The molecule has 20 heavy (non-hydrogen) atoms. The maximum absolute atomic E-state index is 11.2. The van der Waals surface area contributed by atoms with Gasteiger partial charge in [-0.3, -0.25) is 0 Å². The van der Waals surface area contributed by atoms with Crippen molar-refractivity contribution in [2.24, 2.45) is 0 Å². The van der Waals surface area contributed by atoms with Gasteiger partial charge in [0.1, 0.15) is 5.69 Å². The second-order valence-electron chi connectivity index (χ2n) is 4.74. The lowest BCUT2D eigenvalue weighted by Crippen LogP contribution is -2.13. The van der Waals surface area contributed by atoms with E-state index in [4.69, 9.17) is 0 Å². The minimum atomic E-state index is -0.963. The SMILES string of the molecule is C[C@H](c1cccc2ccccc12)n1cncc1C(=O)O. The van der Waals surface area contributed by atoms with Crippen molar-refractivity contribution in [3.8, 4) is 0 Å². The van der Waals surface area contributed by atoms with E-state index in [1.807, 2.05) is 31.2 Å². The fourth-order valence-corrected chi connectivity index (χ4v) is 2.54. The lowest BCUT2D eigenvalue weighted by molar-refractivity contribution is 0.0684. The highest BCUT2D eigenvalue weighted by atomic mass is 16.4. The van der Waals surface area contributed by atoms with E-state index < -0.39 is 5.97 Å². The zero-order chi connectivity index (χ0) is 14.1. The van der Waals surface area contributed by atoms with Crippen LogP contribution in [0.1, 0.15) is 29.0 Å². The van der Waals surface area contributed by atoms with Crippen LogP contribution in [0.2, 0.25) is 0 Å². The number of imidazole rings is 1. The summed E-state index contributed by atoms with van der Waals surface area (Å²) in [4.78, 5) is 15.2. The van der Waals surface area contributed by atoms with Crippen molar-refractivity contribution in [3.63, 3.8) is 0 Å². The van der Waals surface area contributed by atoms with Gasteiger partial charge in [-0.2, -0.15) is 0 Å². The molecule has 1 atom stereocenters. The normalized spacial score (nSPS) is 12.4. The Labute approximate surface area is 116 Å². The summed E-state index contributed by atoms with van der Waals surface area (Å²) in [7, 11) is 0. The Morgan fingerprint density at radius 3 is 2.75 bits per heavy atom. The standard InChI is InChI=1S/C16H14N2O2/c1-11(18-10-17-9-15(18)16(19)20)13-8-4-6-12-5-2-3-7-14(12)13/h2-11H,1H3,(H,19,20)/t11-/m1/s1. The van der Waals surface area contributed by atoms with Gasteiger partial charge < -0.3 is 9.67 Å². The minimum Gasteiger partial charge on any atom is -0.477 e. The average Bonchev–Trinajstić information content (AvgIpc) is 2.95. The molecule has 0 aliphatic rings. The molecule has 0 aliphatic carbocycles. The van der Waals surface area contributed by atoms with E-state index in [1.165, 1.54) is 6.20 Å². The van der Waals surface area contributed by atoms with Gasteiger partial charge in [-0.1, -0.05) is 42.5 Å². The molecule has 0 amide bonds. The number of carboxylic acids is 1. The van der Waals surface area contributed by atoms with Crippen LogP contribution in [0.15, 0.2) is 55.0 Å². The first kappa shape index (κ1) is 12.4. The number of benzene rings is 2. The van der Waals surface area contributed by atoms with Crippen molar-refractivity contribution in [3.05, 3.63) is 66.2 Å². The highest BCUT2D eigenvalue weighted by molar-refractivity contribution is 5.87. The van der Waals surface area contributed by atoms with Crippen LogP contribution in [0.25, 0.3) is 10.8 Å². The first-order valence-corrected chi connectivity index (χ1v) is 6.41.